The lowest BCUT2D eigenvalue weighted by molar-refractivity contribution is 0.414. The summed E-state index contributed by atoms with van der Waals surface area (Å²) in [5.74, 6) is -0.474. The maximum absolute atomic E-state index is 13.6. The molecule has 5 heteroatoms. The summed E-state index contributed by atoms with van der Waals surface area (Å²) in [6.45, 7) is 0.436. The van der Waals surface area contributed by atoms with Crippen LogP contribution < -0.4 is 10.1 Å². The van der Waals surface area contributed by atoms with Gasteiger partial charge in [0.15, 0.2) is 0 Å². The first-order valence-electron chi connectivity index (χ1n) is 5.61. The van der Waals surface area contributed by atoms with E-state index in [0.29, 0.717) is 11.0 Å². The molecular formula is C14H12BrF2NO. The molecule has 0 amide bonds. The van der Waals surface area contributed by atoms with E-state index in [2.05, 4.69) is 21.2 Å². The topological polar surface area (TPSA) is 21.3 Å². The predicted molar refractivity (Wildman–Crippen MR) is 74.4 cm³/mol. The molecule has 0 fully saturated rings. The van der Waals surface area contributed by atoms with Gasteiger partial charge in [0.1, 0.15) is 17.4 Å². The van der Waals surface area contributed by atoms with Gasteiger partial charge in [-0.15, -0.1) is 0 Å². The molecule has 2 aromatic rings. The van der Waals surface area contributed by atoms with Crippen LogP contribution in [0.1, 0.15) is 5.56 Å². The summed E-state index contributed by atoms with van der Waals surface area (Å²) in [6, 6.07) is 9.48. The van der Waals surface area contributed by atoms with Crippen LogP contribution in [0.25, 0.3) is 0 Å². The third-order valence-electron chi connectivity index (χ3n) is 2.64. The summed E-state index contributed by atoms with van der Waals surface area (Å²) in [5.41, 5.74) is 1.22. The summed E-state index contributed by atoms with van der Waals surface area (Å²) in [4.78, 5) is 0. The van der Waals surface area contributed by atoms with Gasteiger partial charge in [-0.05, 0) is 39.7 Å². The summed E-state index contributed by atoms with van der Waals surface area (Å²) >= 11 is 3.13. The normalized spacial score (nSPS) is 10.3. The molecule has 0 aliphatic carbocycles. The second kappa shape index (κ2) is 6.02. The van der Waals surface area contributed by atoms with Crippen LogP contribution in [-0.2, 0) is 6.54 Å². The molecule has 0 spiro atoms. The minimum Gasteiger partial charge on any atom is -0.497 e. The number of halogens is 3. The average molecular weight is 328 g/mol. The van der Waals surface area contributed by atoms with Crippen LogP contribution in [0.2, 0.25) is 0 Å². The molecule has 0 saturated carbocycles. The summed E-state index contributed by atoms with van der Waals surface area (Å²) in [6.07, 6.45) is 0. The monoisotopic (exact) mass is 327 g/mol. The molecule has 0 radical (unpaired) electrons. The highest BCUT2D eigenvalue weighted by molar-refractivity contribution is 9.10. The molecule has 100 valence electrons. The Kier molecular flexibility index (Phi) is 4.37. The third kappa shape index (κ3) is 3.44. The van der Waals surface area contributed by atoms with Crippen molar-refractivity contribution in [2.24, 2.45) is 0 Å². The van der Waals surface area contributed by atoms with Gasteiger partial charge in [0.25, 0.3) is 0 Å². The Morgan fingerprint density at radius 2 is 1.84 bits per heavy atom. The van der Waals surface area contributed by atoms with Gasteiger partial charge in [0.05, 0.1) is 12.8 Å². The fourth-order valence-corrected chi connectivity index (χ4v) is 2.19. The highest BCUT2D eigenvalue weighted by atomic mass is 79.9. The SMILES string of the molecule is COc1ccc(CNc2c(F)cc(F)cc2Br)cc1. The van der Waals surface area contributed by atoms with Crippen molar-refractivity contribution in [1.29, 1.82) is 0 Å². The van der Waals surface area contributed by atoms with E-state index in [0.717, 1.165) is 17.4 Å². The number of nitrogens with one attached hydrogen (secondary N) is 1. The van der Waals surface area contributed by atoms with E-state index >= 15 is 0 Å². The number of methoxy groups -OCH3 is 1. The highest BCUT2D eigenvalue weighted by Crippen LogP contribution is 2.27. The number of hydrogen-bond donors (Lipinski definition) is 1. The zero-order chi connectivity index (χ0) is 13.8. The van der Waals surface area contributed by atoms with E-state index in [1.165, 1.54) is 6.07 Å². The van der Waals surface area contributed by atoms with E-state index in [4.69, 9.17) is 4.74 Å². The highest BCUT2D eigenvalue weighted by Gasteiger charge is 2.09. The van der Waals surface area contributed by atoms with Gasteiger partial charge in [-0.25, -0.2) is 8.78 Å². The zero-order valence-corrected chi connectivity index (χ0v) is 11.8. The Bertz CT molecular complexity index is 549. The lowest BCUT2D eigenvalue weighted by atomic mass is 10.2. The van der Waals surface area contributed by atoms with Crippen molar-refractivity contribution in [1.82, 2.24) is 0 Å². The molecule has 0 aliphatic heterocycles. The van der Waals surface area contributed by atoms with E-state index in [1.807, 2.05) is 24.3 Å². The quantitative estimate of drug-likeness (QED) is 0.901. The van der Waals surface area contributed by atoms with Gasteiger partial charge in [0.2, 0.25) is 0 Å². The molecule has 0 heterocycles. The second-order valence-corrected chi connectivity index (χ2v) is 4.80. The molecule has 0 aliphatic rings. The molecule has 0 aromatic heterocycles. The Morgan fingerprint density at radius 1 is 1.16 bits per heavy atom. The molecule has 2 rings (SSSR count). The largest absolute Gasteiger partial charge is 0.497 e. The number of anilines is 1. The first-order valence-corrected chi connectivity index (χ1v) is 6.41. The van der Waals surface area contributed by atoms with Crippen molar-refractivity contribution in [2.45, 2.75) is 6.54 Å². The minimum atomic E-state index is -0.625. The van der Waals surface area contributed by atoms with Crippen LogP contribution in [0.15, 0.2) is 40.9 Å². The van der Waals surface area contributed by atoms with E-state index in [9.17, 15) is 8.78 Å². The predicted octanol–water partition coefficient (Wildman–Crippen LogP) is 4.35. The van der Waals surface area contributed by atoms with Gasteiger partial charge in [-0.1, -0.05) is 12.1 Å². The average Bonchev–Trinajstić information content (AvgIpc) is 2.38. The molecular weight excluding hydrogens is 316 g/mol. The standard InChI is InChI=1S/C14H12BrF2NO/c1-19-11-4-2-9(3-5-11)8-18-14-12(15)6-10(16)7-13(14)17/h2-7,18H,8H2,1H3. The van der Waals surface area contributed by atoms with Gasteiger partial charge in [0, 0.05) is 17.1 Å². The molecule has 0 bridgehead atoms. The van der Waals surface area contributed by atoms with Crippen molar-refractivity contribution in [3.05, 3.63) is 58.1 Å². The van der Waals surface area contributed by atoms with E-state index < -0.39 is 11.6 Å². The molecule has 0 atom stereocenters. The maximum atomic E-state index is 13.6. The molecule has 1 N–H and O–H groups in total. The number of ether oxygens (including phenoxy) is 1. The van der Waals surface area contributed by atoms with Crippen molar-refractivity contribution in [3.63, 3.8) is 0 Å². The maximum Gasteiger partial charge on any atom is 0.150 e. The fraction of sp³-hybridized carbons (Fsp3) is 0.143. The Hall–Kier alpha value is -1.62. The molecule has 19 heavy (non-hydrogen) atoms. The Morgan fingerprint density at radius 3 is 2.42 bits per heavy atom. The van der Waals surface area contributed by atoms with Gasteiger partial charge in [-0.2, -0.15) is 0 Å². The molecule has 0 unspecified atom stereocenters. The molecule has 2 aromatic carbocycles. The van der Waals surface area contributed by atoms with Gasteiger partial charge >= 0.3 is 0 Å². The smallest absolute Gasteiger partial charge is 0.150 e. The summed E-state index contributed by atoms with van der Waals surface area (Å²) < 4.78 is 31.9. The van der Waals surface area contributed by atoms with Crippen molar-refractivity contribution in [3.8, 4) is 5.75 Å². The van der Waals surface area contributed by atoms with E-state index in [-0.39, 0.29) is 5.69 Å². The minimum absolute atomic E-state index is 0.247. The number of rotatable bonds is 4. The number of hydrogen-bond acceptors (Lipinski definition) is 2. The van der Waals surface area contributed by atoms with Crippen molar-refractivity contribution < 1.29 is 13.5 Å². The van der Waals surface area contributed by atoms with Gasteiger partial charge in [-0.3, -0.25) is 0 Å². The molecule has 2 nitrogen and oxygen atoms in total. The number of benzene rings is 2. The van der Waals surface area contributed by atoms with Crippen LogP contribution in [0.4, 0.5) is 14.5 Å². The van der Waals surface area contributed by atoms with Crippen molar-refractivity contribution in [2.75, 3.05) is 12.4 Å². The van der Waals surface area contributed by atoms with Gasteiger partial charge < -0.3 is 10.1 Å². The third-order valence-corrected chi connectivity index (χ3v) is 3.26. The summed E-state index contributed by atoms with van der Waals surface area (Å²) in [5, 5.41) is 2.93. The van der Waals surface area contributed by atoms with Crippen LogP contribution in [0.3, 0.4) is 0 Å². The Balaban J connectivity index is 2.10. The lowest BCUT2D eigenvalue weighted by Gasteiger charge is -2.10. The summed E-state index contributed by atoms with van der Waals surface area (Å²) in [7, 11) is 1.60. The zero-order valence-electron chi connectivity index (χ0n) is 10.2. The lowest BCUT2D eigenvalue weighted by Crippen LogP contribution is -2.02. The fourth-order valence-electron chi connectivity index (χ4n) is 1.64. The van der Waals surface area contributed by atoms with Crippen LogP contribution in [0, 0.1) is 11.6 Å². The first kappa shape index (κ1) is 13.8. The van der Waals surface area contributed by atoms with Crippen molar-refractivity contribution >= 4 is 21.6 Å². The van der Waals surface area contributed by atoms with E-state index in [1.54, 1.807) is 7.11 Å². The van der Waals surface area contributed by atoms with Crippen LogP contribution >= 0.6 is 15.9 Å². The van der Waals surface area contributed by atoms with Crippen LogP contribution in [-0.4, -0.2) is 7.11 Å². The molecule has 0 saturated heterocycles. The Labute approximate surface area is 118 Å². The second-order valence-electron chi connectivity index (χ2n) is 3.95. The first-order chi connectivity index (χ1) is 9.10. The van der Waals surface area contributed by atoms with Crippen LogP contribution in [0.5, 0.6) is 5.75 Å².